The molecule has 3 rings (SSSR count). The molecule has 0 saturated heterocycles. The Morgan fingerprint density at radius 3 is 2.91 bits per heavy atom. The quantitative estimate of drug-likeness (QED) is 0.708. The third-order valence-electron chi connectivity index (χ3n) is 3.24. The molecule has 0 aliphatic rings. The van der Waals surface area contributed by atoms with Crippen LogP contribution in [0.4, 0.5) is 5.69 Å². The molecule has 1 atom stereocenters. The van der Waals surface area contributed by atoms with E-state index in [-0.39, 0.29) is 10.7 Å². The van der Waals surface area contributed by atoms with Crippen LogP contribution in [0.25, 0.3) is 11.1 Å². The van der Waals surface area contributed by atoms with E-state index in [1.807, 2.05) is 18.2 Å². The maximum absolute atomic E-state index is 12.3. The average molecular weight is 346 g/mol. The normalized spacial score (nSPS) is 12.2. The summed E-state index contributed by atoms with van der Waals surface area (Å²) in [5.74, 6) is 0.212. The van der Waals surface area contributed by atoms with Crippen molar-refractivity contribution >= 4 is 45.7 Å². The standard InChI is InChI=1S/C16H14N2O3S2/c1-23(20)9-10-3-2-4-12(7-10)17-15(19)11-5-6-13-14(8-11)21-16(22)18-13/h2-8H,9H2,1H3,(H,17,19)(H,18,22)/t23-/m1/s1. The molecule has 0 bridgehead atoms. The SMILES string of the molecule is C[S@@](=O)Cc1cccc(NC(=O)c2ccc3[nH]c(=S)oc3c2)c1. The number of carbonyl (C=O) groups excluding carboxylic acids is 1. The molecule has 5 nitrogen and oxygen atoms in total. The van der Waals surface area contributed by atoms with Gasteiger partial charge in [0, 0.05) is 34.1 Å². The number of hydrogen-bond donors (Lipinski definition) is 2. The van der Waals surface area contributed by atoms with Crippen LogP contribution in [0.15, 0.2) is 46.9 Å². The van der Waals surface area contributed by atoms with E-state index in [2.05, 4.69) is 10.3 Å². The molecule has 118 valence electrons. The number of carbonyl (C=O) groups is 1. The highest BCUT2D eigenvalue weighted by Crippen LogP contribution is 2.18. The summed E-state index contributed by atoms with van der Waals surface area (Å²) in [5, 5.41) is 2.83. The minimum atomic E-state index is -0.925. The number of amides is 1. The molecule has 2 aromatic carbocycles. The highest BCUT2D eigenvalue weighted by Gasteiger charge is 2.09. The van der Waals surface area contributed by atoms with Gasteiger partial charge in [0.2, 0.25) is 0 Å². The second-order valence-electron chi connectivity index (χ2n) is 5.10. The number of benzene rings is 2. The Morgan fingerprint density at radius 2 is 2.13 bits per heavy atom. The molecule has 0 fully saturated rings. The maximum Gasteiger partial charge on any atom is 0.266 e. The van der Waals surface area contributed by atoms with Crippen LogP contribution in [0, 0.1) is 4.84 Å². The van der Waals surface area contributed by atoms with Gasteiger partial charge < -0.3 is 14.7 Å². The highest BCUT2D eigenvalue weighted by molar-refractivity contribution is 7.83. The van der Waals surface area contributed by atoms with Crippen LogP contribution in [0.3, 0.4) is 0 Å². The monoisotopic (exact) mass is 346 g/mol. The Hall–Kier alpha value is -2.25. The molecule has 0 spiro atoms. The largest absolute Gasteiger partial charge is 0.429 e. The van der Waals surface area contributed by atoms with E-state index in [1.165, 1.54) is 0 Å². The van der Waals surface area contributed by atoms with Gasteiger partial charge >= 0.3 is 0 Å². The predicted molar refractivity (Wildman–Crippen MR) is 93.6 cm³/mol. The van der Waals surface area contributed by atoms with Crippen LogP contribution < -0.4 is 5.32 Å². The smallest absolute Gasteiger partial charge is 0.266 e. The van der Waals surface area contributed by atoms with Crippen molar-refractivity contribution in [2.75, 3.05) is 11.6 Å². The van der Waals surface area contributed by atoms with Crippen molar-refractivity contribution in [3.05, 3.63) is 58.4 Å². The molecule has 7 heteroatoms. The van der Waals surface area contributed by atoms with Gasteiger partial charge in [0.05, 0.1) is 5.52 Å². The van der Waals surface area contributed by atoms with Crippen molar-refractivity contribution in [1.29, 1.82) is 0 Å². The first kappa shape index (κ1) is 15.6. The molecule has 0 unspecified atom stereocenters. The van der Waals surface area contributed by atoms with Crippen LogP contribution >= 0.6 is 12.2 Å². The molecular formula is C16H14N2O3S2. The minimum Gasteiger partial charge on any atom is -0.429 e. The second kappa shape index (κ2) is 6.47. The first-order valence-corrected chi connectivity index (χ1v) is 8.98. The van der Waals surface area contributed by atoms with Crippen LogP contribution in [-0.4, -0.2) is 21.4 Å². The number of fused-ring (bicyclic) bond motifs is 1. The number of anilines is 1. The van der Waals surface area contributed by atoms with E-state index in [0.29, 0.717) is 22.6 Å². The van der Waals surface area contributed by atoms with Gasteiger partial charge in [-0.05, 0) is 48.1 Å². The van der Waals surface area contributed by atoms with Crippen molar-refractivity contribution in [1.82, 2.24) is 4.98 Å². The first-order valence-electron chi connectivity index (χ1n) is 6.84. The Balaban J connectivity index is 1.82. The third-order valence-corrected chi connectivity index (χ3v) is 4.16. The lowest BCUT2D eigenvalue weighted by atomic mass is 10.1. The maximum atomic E-state index is 12.3. The number of aromatic nitrogens is 1. The molecule has 0 saturated carbocycles. The Morgan fingerprint density at radius 1 is 1.30 bits per heavy atom. The lowest BCUT2D eigenvalue weighted by Gasteiger charge is -2.07. The molecular weight excluding hydrogens is 332 g/mol. The number of nitrogens with one attached hydrogen (secondary N) is 2. The summed E-state index contributed by atoms with van der Waals surface area (Å²) >= 11 is 4.93. The van der Waals surface area contributed by atoms with Crippen molar-refractivity contribution in [2.24, 2.45) is 0 Å². The fourth-order valence-corrected chi connectivity index (χ4v) is 3.11. The van der Waals surface area contributed by atoms with Crippen LogP contribution in [0.1, 0.15) is 15.9 Å². The summed E-state index contributed by atoms with van der Waals surface area (Å²) in [6, 6.07) is 12.4. The molecule has 0 aliphatic carbocycles. The second-order valence-corrected chi connectivity index (χ2v) is 6.90. The number of hydrogen-bond acceptors (Lipinski definition) is 4. The van der Waals surface area contributed by atoms with Gasteiger partial charge in [0.25, 0.3) is 10.7 Å². The van der Waals surface area contributed by atoms with Crippen molar-refractivity contribution in [2.45, 2.75) is 5.75 Å². The number of rotatable bonds is 4. The van der Waals surface area contributed by atoms with Gasteiger partial charge in [-0.3, -0.25) is 9.00 Å². The van der Waals surface area contributed by atoms with Crippen molar-refractivity contribution in [3.63, 3.8) is 0 Å². The zero-order valence-corrected chi connectivity index (χ0v) is 13.9. The van der Waals surface area contributed by atoms with Gasteiger partial charge in [-0.2, -0.15) is 0 Å². The molecule has 0 radical (unpaired) electrons. The van der Waals surface area contributed by atoms with E-state index in [1.54, 1.807) is 30.5 Å². The topological polar surface area (TPSA) is 75.1 Å². The molecule has 1 heterocycles. The Labute approximate surface area is 140 Å². The zero-order chi connectivity index (χ0) is 16.4. The van der Waals surface area contributed by atoms with E-state index < -0.39 is 10.8 Å². The number of aromatic amines is 1. The van der Waals surface area contributed by atoms with Crippen molar-refractivity contribution in [3.8, 4) is 0 Å². The first-order chi connectivity index (χ1) is 11.0. The van der Waals surface area contributed by atoms with Gasteiger partial charge in [-0.25, -0.2) is 0 Å². The minimum absolute atomic E-state index is 0.246. The lowest BCUT2D eigenvalue weighted by molar-refractivity contribution is 0.102. The summed E-state index contributed by atoms with van der Waals surface area (Å²) in [6.45, 7) is 0. The zero-order valence-electron chi connectivity index (χ0n) is 12.3. The molecule has 2 N–H and O–H groups in total. The highest BCUT2D eigenvalue weighted by atomic mass is 32.2. The Bertz CT molecular complexity index is 959. The fourth-order valence-electron chi connectivity index (χ4n) is 2.26. The third kappa shape index (κ3) is 3.75. The van der Waals surface area contributed by atoms with E-state index in [4.69, 9.17) is 16.6 Å². The summed E-state index contributed by atoms with van der Waals surface area (Å²) < 4.78 is 16.6. The number of oxazole rings is 1. The summed E-state index contributed by atoms with van der Waals surface area (Å²) in [4.78, 5) is 15.5. The average Bonchev–Trinajstić information content (AvgIpc) is 2.85. The van der Waals surface area contributed by atoms with Gasteiger partial charge in [0.1, 0.15) is 0 Å². The fraction of sp³-hybridized carbons (Fsp3) is 0.125. The summed E-state index contributed by atoms with van der Waals surface area (Å²) in [6.07, 6.45) is 1.65. The number of H-pyrrole nitrogens is 1. The summed E-state index contributed by atoms with van der Waals surface area (Å²) in [5.41, 5.74) is 3.33. The van der Waals surface area contributed by atoms with Crippen LogP contribution in [0.2, 0.25) is 0 Å². The van der Waals surface area contributed by atoms with E-state index in [0.717, 1.165) is 11.1 Å². The van der Waals surface area contributed by atoms with Gasteiger partial charge in [-0.15, -0.1) is 0 Å². The Kier molecular flexibility index (Phi) is 4.40. The summed E-state index contributed by atoms with van der Waals surface area (Å²) in [7, 11) is -0.925. The van der Waals surface area contributed by atoms with E-state index >= 15 is 0 Å². The van der Waals surface area contributed by atoms with Crippen molar-refractivity contribution < 1.29 is 13.4 Å². The van der Waals surface area contributed by atoms with Crippen LogP contribution in [-0.2, 0) is 16.6 Å². The van der Waals surface area contributed by atoms with Gasteiger partial charge in [0.15, 0.2) is 5.58 Å². The lowest BCUT2D eigenvalue weighted by Crippen LogP contribution is -2.12. The molecule has 1 amide bonds. The van der Waals surface area contributed by atoms with E-state index in [9.17, 15) is 9.00 Å². The molecule has 0 aliphatic heterocycles. The molecule has 3 aromatic rings. The molecule has 1 aromatic heterocycles. The predicted octanol–water partition coefficient (Wildman–Crippen LogP) is 3.62. The van der Waals surface area contributed by atoms with Crippen LogP contribution in [0.5, 0.6) is 0 Å². The molecule has 23 heavy (non-hydrogen) atoms. The van der Waals surface area contributed by atoms with Gasteiger partial charge in [-0.1, -0.05) is 12.1 Å².